The Kier molecular flexibility index (Phi) is 4.98. The summed E-state index contributed by atoms with van der Waals surface area (Å²) in [6.07, 6.45) is 0. The zero-order valence-corrected chi connectivity index (χ0v) is 18.8. The molecule has 5 rings (SSSR count). The number of hydrogen-bond acceptors (Lipinski definition) is 8. The van der Waals surface area contributed by atoms with Gasteiger partial charge in [-0.3, -0.25) is 14.5 Å². The summed E-state index contributed by atoms with van der Waals surface area (Å²) >= 11 is 1.03. The minimum Gasteiger partial charge on any atom is -0.497 e. The third kappa shape index (κ3) is 3.20. The van der Waals surface area contributed by atoms with Gasteiger partial charge in [-0.2, -0.15) is 0 Å². The molecule has 2 aromatic carbocycles. The lowest BCUT2D eigenvalue weighted by Gasteiger charge is -2.22. The summed E-state index contributed by atoms with van der Waals surface area (Å²) < 4.78 is 16.0. The number of anilines is 1. The highest BCUT2D eigenvalue weighted by Crippen LogP contribution is 2.43. The zero-order valence-electron chi connectivity index (χ0n) is 17.9. The molecule has 0 aliphatic carbocycles. The van der Waals surface area contributed by atoms with Crippen molar-refractivity contribution in [3.8, 4) is 5.75 Å². The van der Waals surface area contributed by atoms with Gasteiger partial charge in [0, 0.05) is 0 Å². The van der Waals surface area contributed by atoms with Crippen LogP contribution in [0.5, 0.6) is 5.75 Å². The maximum Gasteiger partial charge on any atom is 0.350 e. The number of ether oxygens (including phenoxy) is 2. The van der Waals surface area contributed by atoms with Crippen LogP contribution < -0.4 is 15.1 Å². The van der Waals surface area contributed by atoms with Crippen molar-refractivity contribution in [1.29, 1.82) is 0 Å². The van der Waals surface area contributed by atoms with Crippen LogP contribution in [-0.4, -0.2) is 31.1 Å². The number of benzene rings is 2. The van der Waals surface area contributed by atoms with E-state index in [1.807, 2.05) is 0 Å². The second-order valence-electron chi connectivity index (χ2n) is 7.42. The fourth-order valence-corrected chi connectivity index (χ4v) is 5.00. The van der Waals surface area contributed by atoms with Crippen molar-refractivity contribution in [3.05, 3.63) is 86.2 Å². The number of hydrogen-bond donors (Lipinski definition) is 0. The van der Waals surface area contributed by atoms with Crippen molar-refractivity contribution >= 4 is 39.3 Å². The third-order valence-corrected chi connectivity index (χ3v) is 6.71. The summed E-state index contributed by atoms with van der Waals surface area (Å²) in [6, 6.07) is 13.1. The first-order chi connectivity index (χ1) is 15.9. The van der Waals surface area contributed by atoms with Crippen LogP contribution in [0, 0.1) is 6.92 Å². The van der Waals surface area contributed by atoms with Crippen LogP contribution in [0.1, 0.15) is 43.1 Å². The van der Waals surface area contributed by atoms with Crippen molar-refractivity contribution in [3.63, 3.8) is 0 Å². The minimum absolute atomic E-state index is 0.0352. The van der Waals surface area contributed by atoms with Crippen molar-refractivity contribution in [2.45, 2.75) is 13.0 Å². The Labute approximate surface area is 192 Å². The Hall–Kier alpha value is -3.98. The SMILES string of the molecule is COC(=O)c1sc(N2C(=O)c3oc4ccccc4c(=O)c3[C@H]2c2ccc(OC)cc2)nc1C. The summed E-state index contributed by atoms with van der Waals surface area (Å²) in [5, 5.41) is 0.656. The van der Waals surface area contributed by atoms with Gasteiger partial charge in [0.25, 0.3) is 5.91 Å². The molecule has 1 aliphatic rings. The molecule has 0 saturated carbocycles. The van der Waals surface area contributed by atoms with E-state index in [1.54, 1.807) is 62.6 Å². The maximum atomic E-state index is 13.6. The van der Waals surface area contributed by atoms with Gasteiger partial charge in [0.1, 0.15) is 16.2 Å². The zero-order chi connectivity index (χ0) is 23.3. The van der Waals surface area contributed by atoms with Crippen molar-refractivity contribution in [2.75, 3.05) is 19.1 Å². The highest BCUT2D eigenvalue weighted by atomic mass is 32.1. The first kappa shape index (κ1) is 20.9. The van der Waals surface area contributed by atoms with E-state index in [4.69, 9.17) is 13.9 Å². The molecule has 9 heteroatoms. The number of carbonyl (C=O) groups is 2. The molecule has 0 bridgehead atoms. The summed E-state index contributed by atoms with van der Waals surface area (Å²) in [6.45, 7) is 1.67. The lowest BCUT2D eigenvalue weighted by Crippen LogP contribution is -2.29. The first-order valence-corrected chi connectivity index (χ1v) is 10.8. The third-order valence-electron chi connectivity index (χ3n) is 5.57. The van der Waals surface area contributed by atoms with Crippen LogP contribution in [0.15, 0.2) is 57.7 Å². The van der Waals surface area contributed by atoms with Gasteiger partial charge in [-0.1, -0.05) is 35.6 Å². The second kappa shape index (κ2) is 7.86. The molecule has 4 aromatic rings. The van der Waals surface area contributed by atoms with E-state index in [1.165, 1.54) is 12.0 Å². The fraction of sp³-hybridized carbons (Fsp3) is 0.167. The van der Waals surface area contributed by atoms with Crippen molar-refractivity contribution in [1.82, 2.24) is 4.98 Å². The van der Waals surface area contributed by atoms with Crippen LogP contribution in [0.2, 0.25) is 0 Å². The molecule has 2 aromatic heterocycles. The van der Waals surface area contributed by atoms with Crippen LogP contribution in [-0.2, 0) is 4.74 Å². The second-order valence-corrected chi connectivity index (χ2v) is 8.40. The van der Waals surface area contributed by atoms with Crippen LogP contribution in [0.4, 0.5) is 5.13 Å². The Morgan fingerprint density at radius 3 is 2.52 bits per heavy atom. The molecular weight excluding hydrogens is 444 g/mol. The number of nitrogens with zero attached hydrogens (tertiary/aromatic N) is 2. The molecule has 0 N–H and O–H groups in total. The van der Waals surface area contributed by atoms with E-state index in [-0.39, 0.29) is 26.8 Å². The van der Waals surface area contributed by atoms with Gasteiger partial charge in [0.15, 0.2) is 10.6 Å². The van der Waals surface area contributed by atoms with E-state index in [9.17, 15) is 14.4 Å². The average Bonchev–Trinajstić information content (AvgIpc) is 3.36. The minimum atomic E-state index is -0.782. The number of carbonyl (C=O) groups excluding carboxylic acids is 2. The van der Waals surface area contributed by atoms with Gasteiger partial charge in [0.2, 0.25) is 5.76 Å². The van der Waals surface area contributed by atoms with Gasteiger partial charge in [-0.15, -0.1) is 0 Å². The molecule has 33 heavy (non-hydrogen) atoms. The summed E-state index contributed by atoms with van der Waals surface area (Å²) in [5.41, 5.74) is 1.39. The lowest BCUT2D eigenvalue weighted by atomic mass is 9.98. The molecule has 3 heterocycles. The van der Waals surface area contributed by atoms with Crippen LogP contribution in [0.25, 0.3) is 11.0 Å². The molecule has 1 aliphatic heterocycles. The topological polar surface area (TPSA) is 98.9 Å². The number of methoxy groups -OCH3 is 2. The highest BCUT2D eigenvalue weighted by molar-refractivity contribution is 7.17. The number of para-hydroxylation sites is 1. The molecule has 0 spiro atoms. The summed E-state index contributed by atoms with van der Waals surface area (Å²) in [4.78, 5) is 45.4. The monoisotopic (exact) mass is 462 g/mol. The van der Waals surface area contributed by atoms with Crippen molar-refractivity contribution < 1.29 is 23.5 Å². The molecule has 166 valence electrons. The highest BCUT2D eigenvalue weighted by Gasteiger charge is 2.45. The van der Waals surface area contributed by atoms with E-state index in [0.717, 1.165) is 11.3 Å². The Balaban J connectivity index is 1.76. The number of rotatable bonds is 4. The van der Waals surface area contributed by atoms with Gasteiger partial charge < -0.3 is 13.9 Å². The van der Waals surface area contributed by atoms with Gasteiger partial charge in [0.05, 0.1) is 36.9 Å². The average molecular weight is 462 g/mol. The smallest absolute Gasteiger partial charge is 0.350 e. The van der Waals surface area contributed by atoms with E-state index < -0.39 is 17.9 Å². The van der Waals surface area contributed by atoms with E-state index in [0.29, 0.717) is 28.0 Å². The van der Waals surface area contributed by atoms with Crippen LogP contribution >= 0.6 is 11.3 Å². The van der Waals surface area contributed by atoms with Gasteiger partial charge in [-0.05, 0) is 36.8 Å². The van der Waals surface area contributed by atoms with Gasteiger partial charge >= 0.3 is 5.97 Å². The standard InChI is InChI=1S/C24H18N2O6S/c1-12-21(23(29)31-3)33-24(25-12)26-18(13-8-10-14(30-2)11-9-13)17-19(27)15-6-4-5-7-16(15)32-20(17)22(26)28/h4-11,18H,1-3H3/t18-/m1/s1. The van der Waals surface area contributed by atoms with Gasteiger partial charge in [-0.25, -0.2) is 9.78 Å². The lowest BCUT2D eigenvalue weighted by molar-refractivity contribution is 0.0605. The Bertz CT molecular complexity index is 1470. The number of aryl methyl sites for hydroxylation is 1. The molecule has 0 saturated heterocycles. The van der Waals surface area contributed by atoms with Crippen LogP contribution in [0.3, 0.4) is 0 Å². The number of fused-ring (bicyclic) bond motifs is 2. The quantitative estimate of drug-likeness (QED) is 0.421. The number of amides is 1. The predicted molar refractivity (Wildman–Crippen MR) is 122 cm³/mol. The molecule has 1 amide bonds. The van der Waals surface area contributed by atoms with E-state index in [2.05, 4.69) is 4.98 Å². The Morgan fingerprint density at radius 2 is 1.82 bits per heavy atom. The summed E-state index contributed by atoms with van der Waals surface area (Å²) in [5.74, 6) is -0.439. The maximum absolute atomic E-state index is 13.6. The largest absolute Gasteiger partial charge is 0.497 e. The first-order valence-electron chi connectivity index (χ1n) is 10.0. The van der Waals surface area contributed by atoms with E-state index >= 15 is 0 Å². The number of esters is 1. The molecule has 0 radical (unpaired) electrons. The molecule has 0 fully saturated rings. The number of aromatic nitrogens is 1. The number of thiazole rings is 1. The van der Waals surface area contributed by atoms with Crippen molar-refractivity contribution in [2.24, 2.45) is 0 Å². The molecule has 8 nitrogen and oxygen atoms in total. The normalized spacial score (nSPS) is 15.1. The summed E-state index contributed by atoms with van der Waals surface area (Å²) in [7, 11) is 2.84. The molecule has 0 unspecified atom stereocenters. The molecular formula is C24H18N2O6S. The predicted octanol–water partition coefficient (Wildman–Crippen LogP) is 4.10. The fourth-order valence-electron chi connectivity index (χ4n) is 3.99. The molecule has 1 atom stereocenters. The Morgan fingerprint density at radius 1 is 1.09 bits per heavy atom.